The second-order valence-corrected chi connectivity index (χ2v) is 4.21. The Morgan fingerprint density at radius 2 is 1.95 bits per heavy atom. The van der Waals surface area contributed by atoms with Crippen LogP contribution in [0.1, 0.15) is 16.1 Å². The molecule has 7 nitrogen and oxygen atoms in total. The topological polar surface area (TPSA) is 107 Å². The molecule has 104 valence electrons. The molecule has 0 fully saturated rings. The Balaban J connectivity index is 2.37. The molecular formula is C13H13N3O4. The van der Waals surface area contributed by atoms with Gasteiger partial charge in [0.2, 0.25) is 0 Å². The van der Waals surface area contributed by atoms with Crippen molar-refractivity contribution in [2.24, 2.45) is 0 Å². The van der Waals surface area contributed by atoms with Gasteiger partial charge in [-0.1, -0.05) is 0 Å². The number of H-pyrrole nitrogens is 1. The monoisotopic (exact) mass is 275 g/mol. The number of nitrogens with zero attached hydrogens (tertiary/aromatic N) is 2. The lowest BCUT2D eigenvalue weighted by molar-refractivity contribution is -0.135. The van der Waals surface area contributed by atoms with Gasteiger partial charge in [-0.05, 0) is 31.2 Å². The summed E-state index contributed by atoms with van der Waals surface area (Å²) in [6.45, 7) is 1.20. The molecule has 0 aliphatic rings. The van der Waals surface area contributed by atoms with Gasteiger partial charge in [0.25, 0.3) is 5.91 Å². The first-order valence-electron chi connectivity index (χ1n) is 5.81. The van der Waals surface area contributed by atoms with Crippen LogP contribution in [0.4, 0.5) is 5.69 Å². The summed E-state index contributed by atoms with van der Waals surface area (Å²) in [5, 5.41) is 24.6. The highest BCUT2D eigenvalue weighted by molar-refractivity contribution is 6.08. The van der Waals surface area contributed by atoms with E-state index in [0.717, 1.165) is 4.90 Å². The number of benzene rings is 1. The number of aromatic hydroxyl groups is 1. The number of phenols is 1. The van der Waals surface area contributed by atoms with E-state index in [1.807, 2.05) is 0 Å². The van der Waals surface area contributed by atoms with Crippen LogP contribution in [0.2, 0.25) is 0 Å². The molecule has 0 saturated carbocycles. The van der Waals surface area contributed by atoms with Crippen molar-refractivity contribution in [2.75, 3.05) is 11.4 Å². The van der Waals surface area contributed by atoms with Crippen LogP contribution in [0.25, 0.3) is 0 Å². The number of phenolic OH excluding ortho intramolecular Hbond substituents is 1. The Morgan fingerprint density at radius 1 is 1.30 bits per heavy atom. The van der Waals surface area contributed by atoms with Gasteiger partial charge in [-0.15, -0.1) is 0 Å². The Bertz CT molecular complexity index is 633. The van der Waals surface area contributed by atoms with E-state index in [2.05, 4.69) is 10.2 Å². The second kappa shape index (κ2) is 5.43. The first-order valence-corrected chi connectivity index (χ1v) is 5.81. The van der Waals surface area contributed by atoms with Crippen molar-refractivity contribution in [3.63, 3.8) is 0 Å². The largest absolute Gasteiger partial charge is 0.508 e. The van der Waals surface area contributed by atoms with Crippen LogP contribution in [-0.2, 0) is 4.79 Å². The van der Waals surface area contributed by atoms with Crippen molar-refractivity contribution >= 4 is 17.6 Å². The van der Waals surface area contributed by atoms with E-state index in [9.17, 15) is 14.7 Å². The fourth-order valence-electron chi connectivity index (χ4n) is 1.76. The highest BCUT2D eigenvalue weighted by Crippen LogP contribution is 2.21. The lowest BCUT2D eigenvalue weighted by Crippen LogP contribution is -2.35. The third kappa shape index (κ3) is 2.77. The predicted octanol–water partition coefficient (Wildman–Crippen LogP) is 1.16. The molecule has 0 aliphatic carbocycles. The molecule has 0 bridgehead atoms. The molecule has 20 heavy (non-hydrogen) atoms. The third-order valence-electron chi connectivity index (χ3n) is 2.76. The minimum atomic E-state index is -1.13. The van der Waals surface area contributed by atoms with E-state index in [1.165, 1.54) is 30.5 Å². The first kappa shape index (κ1) is 13.6. The molecule has 1 aromatic heterocycles. The van der Waals surface area contributed by atoms with Crippen LogP contribution >= 0.6 is 0 Å². The molecule has 0 aliphatic heterocycles. The van der Waals surface area contributed by atoms with E-state index in [1.54, 1.807) is 6.92 Å². The van der Waals surface area contributed by atoms with Crippen LogP contribution in [-0.4, -0.2) is 38.8 Å². The number of carboxylic acid groups (broad SMARTS) is 1. The maximum atomic E-state index is 12.4. The van der Waals surface area contributed by atoms with Gasteiger partial charge in [-0.25, -0.2) is 0 Å². The number of nitrogens with one attached hydrogen (secondary N) is 1. The third-order valence-corrected chi connectivity index (χ3v) is 2.76. The van der Waals surface area contributed by atoms with Crippen molar-refractivity contribution in [2.45, 2.75) is 6.92 Å². The van der Waals surface area contributed by atoms with E-state index in [-0.39, 0.29) is 5.75 Å². The van der Waals surface area contributed by atoms with Crippen molar-refractivity contribution in [3.8, 4) is 5.75 Å². The van der Waals surface area contributed by atoms with Gasteiger partial charge in [-0.2, -0.15) is 5.10 Å². The van der Waals surface area contributed by atoms with Crippen LogP contribution in [0.5, 0.6) is 5.75 Å². The van der Waals surface area contributed by atoms with Gasteiger partial charge in [0.15, 0.2) is 0 Å². The Labute approximate surface area is 114 Å². The van der Waals surface area contributed by atoms with E-state index < -0.39 is 18.4 Å². The Kier molecular flexibility index (Phi) is 3.69. The number of amides is 1. The molecular weight excluding hydrogens is 262 g/mol. The molecule has 0 saturated heterocycles. The maximum Gasteiger partial charge on any atom is 0.323 e. The molecule has 1 heterocycles. The number of aromatic nitrogens is 2. The number of aromatic amines is 1. The van der Waals surface area contributed by atoms with Crippen LogP contribution in [0, 0.1) is 6.92 Å². The summed E-state index contributed by atoms with van der Waals surface area (Å²) in [4.78, 5) is 24.4. The van der Waals surface area contributed by atoms with Crippen molar-refractivity contribution < 1.29 is 19.8 Å². The summed E-state index contributed by atoms with van der Waals surface area (Å²) in [6, 6.07) is 5.73. The Hall–Kier alpha value is -2.83. The molecule has 0 atom stereocenters. The van der Waals surface area contributed by atoms with E-state index in [4.69, 9.17) is 5.11 Å². The normalized spacial score (nSPS) is 10.2. The van der Waals surface area contributed by atoms with Gasteiger partial charge in [0.1, 0.15) is 12.3 Å². The van der Waals surface area contributed by atoms with E-state index in [0.29, 0.717) is 16.9 Å². The fourth-order valence-corrected chi connectivity index (χ4v) is 1.76. The zero-order chi connectivity index (χ0) is 14.7. The summed E-state index contributed by atoms with van der Waals surface area (Å²) in [6.07, 6.45) is 1.35. The average Bonchev–Trinajstić information content (AvgIpc) is 2.82. The summed E-state index contributed by atoms with van der Waals surface area (Å²) >= 11 is 0. The van der Waals surface area contributed by atoms with Gasteiger partial charge < -0.3 is 10.2 Å². The zero-order valence-corrected chi connectivity index (χ0v) is 10.7. The second-order valence-electron chi connectivity index (χ2n) is 4.21. The van der Waals surface area contributed by atoms with Crippen LogP contribution < -0.4 is 4.90 Å². The number of rotatable bonds is 4. The minimum absolute atomic E-state index is 0.0379. The van der Waals surface area contributed by atoms with Gasteiger partial charge in [0.05, 0.1) is 11.8 Å². The molecule has 7 heteroatoms. The number of aliphatic carboxylic acids is 1. The number of carboxylic acids is 1. The number of hydrogen-bond acceptors (Lipinski definition) is 4. The standard InChI is InChI=1S/C13H13N3O4/c1-8-11(6-14-15-8)13(20)16(7-12(18)19)9-2-4-10(17)5-3-9/h2-6,17H,7H2,1H3,(H,14,15)(H,18,19). The van der Waals surface area contributed by atoms with Crippen molar-refractivity contribution in [1.82, 2.24) is 10.2 Å². The molecule has 0 spiro atoms. The van der Waals surface area contributed by atoms with Crippen molar-refractivity contribution in [3.05, 3.63) is 41.7 Å². The van der Waals surface area contributed by atoms with E-state index >= 15 is 0 Å². The van der Waals surface area contributed by atoms with Crippen LogP contribution in [0.15, 0.2) is 30.5 Å². The number of carbonyl (C=O) groups is 2. The summed E-state index contributed by atoms with van der Waals surface area (Å²) < 4.78 is 0. The highest BCUT2D eigenvalue weighted by Gasteiger charge is 2.22. The van der Waals surface area contributed by atoms with Crippen molar-refractivity contribution in [1.29, 1.82) is 0 Å². The average molecular weight is 275 g/mol. The highest BCUT2D eigenvalue weighted by atomic mass is 16.4. The summed E-state index contributed by atoms with van der Waals surface area (Å²) in [7, 11) is 0. The number of anilines is 1. The minimum Gasteiger partial charge on any atom is -0.508 e. The molecule has 1 amide bonds. The van der Waals surface area contributed by atoms with Crippen LogP contribution in [0.3, 0.4) is 0 Å². The molecule has 0 radical (unpaired) electrons. The molecule has 1 aromatic carbocycles. The summed E-state index contributed by atoms with van der Waals surface area (Å²) in [5.74, 6) is -1.56. The fraction of sp³-hybridized carbons (Fsp3) is 0.154. The lowest BCUT2D eigenvalue weighted by atomic mass is 10.2. The first-order chi connectivity index (χ1) is 9.49. The predicted molar refractivity (Wildman–Crippen MR) is 70.7 cm³/mol. The maximum absolute atomic E-state index is 12.4. The number of carbonyl (C=O) groups excluding carboxylic acids is 1. The molecule has 2 aromatic rings. The number of hydrogen-bond donors (Lipinski definition) is 3. The smallest absolute Gasteiger partial charge is 0.323 e. The summed E-state index contributed by atoms with van der Waals surface area (Å²) in [5.41, 5.74) is 1.25. The quantitative estimate of drug-likeness (QED) is 0.776. The Morgan fingerprint density at radius 3 is 2.45 bits per heavy atom. The molecule has 0 unspecified atom stereocenters. The van der Waals surface area contributed by atoms with Gasteiger partial charge in [0, 0.05) is 11.4 Å². The molecule has 2 rings (SSSR count). The lowest BCUT2D eigenvalue weighted by Gasteiger charge is -2.20. The van der Waals surface area contributed by atoms with Gasteiger partial charge >= 0.3 is 5.97 Å². The number of aryl methyl sites for hydroxylation is 1. The SMILES string of the molecule is Cc1[nH]ncc1C(=O)N(CC(=O)O)c1ccc(O)cc1. The van der Waals surface area contributed by atoms with Gasteiger partial charge in [-0.3, -0.25) is 19.6 Å². The zero-order valence-electron chi connectivity index (χ0n) is 10.7. The molecule has 3 N–H and O–H groups in total.